The highest BCUT2D eigenvalue weighted by Crippen LogP contribution is 2.35. The van der Waals surface area contributed by atoms with E-state index < -0.39 is 28.3 Å². The molecule has 1 N–H and O–H groups in total. The summed E-state index contributed by atoms with van der Waals surface area (Å²) in [4.78, 5) is 23.0. The summed E-state index contributed by atoms with van der Waals surface area (Å²) in [5.74, 6) is -2.18. The van der Waals surface area contributed by atoms with Gasteiger partial charge in [-0.3, -0.25) is 4.79 Å². The standard InChI is InChI=1S/C12H17BrO5/c1-6(2)17-11(15)12(16,8(4)13)9-5-7(3)18-10(9)14/h5-6,8-9,16H,1-4H3/t8-,9-,12-/m1/s1. The molecule has 1 heterocycles. The molecule has 0 aliphatic carbocycles. The molecule has 1 aliphatic heterocycles. The average molecular weight is 321 g/mol. The van der Waals surface area contributed by atoms with E-state index in [1.165, 1.54) is 6.08 Å². The monoisotopic (exact) mass is 320 g/mol. The fraction of sp³-hybridized carbons (Fsp3) is 0.667. The van der Waals surface area contributed by atoms with Crippen LogP contribution in [0.5, 0.6) is 0 Å². The third-order valence-electron chi connectivity index (χ3n) is 2.67. The van der Waals surface area contributed by atoms with Crippen LogP contribution < -0.4 is 0 Å². The molecule has 6 heteroatoms. The minimum absolute atomic E-state index is 0.369. The van der Waals surface area contributed by atoms with Gasteiger partial charge in [-0.15, -0.1) is 0 Å². The van der Waals surface area contributed by atoms with Crippen LogP contribution in [0.4, 0.5) is 0 Å². The summed E-state index contributed by atoms with van der Waals surface area (Å²) < 4.78 is 9.88. The van der Waals surface area contributed by atoms with Crippen molar-refractivity contribution in [1.29, 1.82) is 0 Å². The average Bonchev–Trinajstić information content (AvgIpc) is 2.55. The molecule has 0 saturated carbocycles. The normalized spacial score (nSPS) is 24.3. The van der Waals surface area contributed by atoms with Crippen molar-refractivity contribution < 1.29 is 24.2 Å². The fourth-order valence-corrected chi connectivity index (χ4v) is 2.18. The van der Waals surface area contributed by atoms with E-state index in [1.54, 1.807) is 27.7 Å². The van der Waals surface area contributed by atoms with E-state index in [1.807, 2.05) is 0 Å². The molecule has 0 radical (unpaired) electrons. The number of alkyl halides is 1. The Morgan fingerprint density at radius 2 is 2.11 bits per heavy atom. The maximum atomic E-state index is 12.0. The minimum Gasteiger partial charge on any atom is -0.461 e. The molecule has 1 aliphatic rings. The topological polar surface area (TPSA) is 72.8 Å². The molecule has 0 spiro atoms. The van der Waals surface area contributed by atoms with E-state index in [0.717, 1.165) is 0 Å². The second kappa shape index (κ2) is 5.40. The van der Waals surface area contributed by atoms with Crippen molar-refractivity contribution in [3.05, 3.63) is 11.8 Å². The van der Waals surface area contributed by atoms with E-state index in [-0.39, 0.29) is 6.10 Å². The predicted molar refractivity (Wildman–Crippen MR) is 67.9 cm³/mol. The number of halogens is 1. The van der Waals surface area contributed by atoms with E-state index in [4.69, 9.17) is 9.47 Å². The lowest BCUT2D eigenvalue weighted by Crippen LogP contribution is -2.54. The molecule has 5 nitrogen and oxygen atoms in total. The summed E-state index contributed by atoms with van der Waals surface area (Å²) in [6, 6.07) is 0. The van der Waals surface area contributed by atoms with Crippen molar-refractivity contribution in [3.63, 3.8) is 0 Å². The molecule has 0 saturated heterocycles. The Bertz CT molecular complexity index is 388. The van der Waals surface area contributed by atoms with Crippen LogP contribution >= 0.6 is 15.9 Å². The Balaban J connectivity index is 3.08. The summed E-state index contributed by atoms with van der Waals surface area (Å²) in [5, 5.41) is 10.5. The van der Waals surface area contributed by atoms with Gasteiger partial charge in [0.2, 0.25) is 0 Å². The summed E-state index contributed by atoms with van der Waals surface area (Å²) in [6.07, 6.45) is 1.06. The Morgan fingerprint density at radius 1 is 1.56 bits per heavy atom. The Labute approximate surface area is 114 Å². The molecular formula is C12H17BrO5. The largest absolute Gasteiger partial charge is 0.461 e. The molecule has 0 fully saturated rings. The van der Waals surface area contributed by atoms with Gasteiger partial charge in [-0.1, -0.05) is 15.9 Å². The molecule has 0 aromatic heterocycles. The number of hydrogen-bond acceptors (Lipinski definition) is 5. The fourth-order valence-electron chi connectivity index (χ4n) is 1.71. The van der Waals surface area contributed by atoms with E-state index >= 15 is 0 Å². The van der Waals surface area contributed by atoms with E-state index in [9.17, 15) is 14.7 Å². The highest BCUT2D eigenvalue weighted by atomic mass is 79.9. The summed E-state index contributed by atoms with van der Waals surface area (Å²) in [5.41, 5.74) is -1.97. The third kappa shape index (κ3) is 2.75. The van der Waals surface area contributed by atoms with Gasteiger partial charge in [0.1, 0.15) is 11.7 Å². The van der Waals surface area contributed by atoms with E-state index in [0.29, 0.717) is 5.76 Å². The molecule has 0 bridgehead atoms. The SMILES string of the molecule is CC1=C[C@@H]([C@@](O)(C(=O)OC(C)C)[C@@H](C)Br)C(=O)O1. The van der Waals surface area contributed by atoms with Gasteiger partial charge in [-0.25, -0.2) is 4.79 Å². The Kier molecular flexibility index (Phi) is 4.55. The van der Waals surface area contributed by atoms with Crippen LogP contribution in [0.25, 0.3) is 0 Å². The lowest BCUT2D eigenvalue weighted by Gasteiger charge is -2.31. The molecule has 0 aromatic carbocycles. The minimum atomic E-state index is -1.97. The second-order valence-electron chi connectivity index (χ2n) is 4.57. The lowest BCUT2D eigenvalue weighted by molar-refractivity contribution is -0.178. The summed E-state index contributed by atoms with van der Waals surface area (Å²) in [6.45, 7) is 6.51. The molecule has 1 rings (SSSR count). The van der Waals surface area contributed by atoms with Crippen LogP contribution in [0.15, 0.2) is 11.8 Å². The lowest BCUT2D eigenvalue weighted by atomic mass is 9.85. The first-order chi connectivity index (χ1) is 8.19. The molecular weight excluding hydrogens is 304 g/mol. The first-order valence-electron chi connectivity index (χ1n) is 5.67. The van der Waals surface area contributed by atoms with Crippen LogP contribution in [-0.4, -0.2) is 33.6 Å². The molecule has 0 amide bonds. The Morgan fingerprint density at radius 3 is 2.44 bits per heavy atom. The van der Waals surface area contributed by atoms with Gasteiger partial charge in [0.25, 0.3) is 0 Å². The quantitative estimate of drug-likeness (QED) is 0.628. The number of esters is 2. The maximum Gasteiger partial charge on any atom is 0.340 e. The second-order valence-corrected chi connectivity index (χ2v) is 5.95. The van der Waals surface area contributed by atoms with Crippen LogP contribution in [0.2, 0.25) is 0 Å². The van der Waals surface area contributed by atoms with Gasteiger partial charge in [0.05, 0.1) is 10.9 Å². The zero-order valence-electron chi connectivity index (χ0n) is 10.8. The third-order valence-corrected chi connectivity index (χ3v) is 3.37. The van der Waals surface area contributed by atoms with Crippen LogP contribution in [0, 0.1) is 5.92 Å². The number of allylic oxidation sites excluding steroid dienone is 1. The summed E-state index contributed by atoms with van der Waals surface area (Å²) in [7, 11) is 0. The van der Waals surface area contributed by atoms with Crippen molar-refractivity contribution in [2.45, 2.75) is 44.2 Å². The zero-order valence-corrected chi connectivity index (χ0v) is 12.4. The van der Waals surface area contributed by atoms with E-state index in [2.05, 4.69) is 15.9 Å². The van der Waals surface area contributed by atoms with Gasteiger partial charge < -0.3 is 14.6 Å². The van der Waals surface area contributed by atoms with Gasteiger partial charge in [-0.05, 0) is 33.8 Å². The number of rotatable bonds is 4. The highest BCUT2D eigenvalue weighted by Gasteiger charge is 2.54. The van der Waals surface area contributed by atoms with Crippen molar-refractivity contribution >= 4 is 27.9 Å². The van der Waals surface area contributed by atoms with Crippen molar-refractivity contribution in [2.24, 2.45) is 5.92 Å². The van der Waals surface area contributed by atoms with Gasteiger partial charge in [-0.2, -0.15) is 0 Å². The van der Waals surface area contributed by atoms with Gasteiger partial charge in [0.15, 0.2) is 5.60 Å². The first-order valence-corrected chi connectivity index (χ1v) is 6.58. The predicted octanol–water partition coefficient (Wildman–Crippen LogP) is 1.53. The molecule has 0 unspecified atom stereocenters. The highest BCUT2D eigenvalue weighted by molar-refractivity contribution is 9.09. The number of carbonyl (C=O) groups excluding carboxylic acids is 2. The van der Waals surface area contributed by atoms with Crippen LogP contribution in [0.3, 0.4) is 0 Å². The van der Waals surface area contributed by atoms with Gasteiger partial charge in [0, 0.05) is 0 Å². The van der Waals surface area contributed by atoms with Crippen LogP contribution in [0.1, 0.15) is 27.7 Å². The molecule has 18 heavy (non-hydrogen) atoms. The van der Waals surface area contributed by atoms with Crippen molar-refractivity contribution in [2.75, 3.05) is 0 Å². The Hall–Kier alpha value is -0.880. The molecule has 3 atom stereocenters. The van der Waals surface area contributed by atoms with Crippen molar-refractivity contribution in [3.8, 4) is 0 Å². The number of ether oxygens (including phenoxy) is 2. The van der Waals surface area contributed by atoms with Gasteiger partial charge >= 0.3 is 11.9 Å². The number of hydrogen-bond donors (Lipinski definition) is 1. The summed E-state index contributed by atoms with van der Waals surface area (Å²) >= 11 is 3.16. The maximum absolute atomic E-state index is 12.0. The van der Waals surface area contributed by atoms with Crippen molar-refractivity contribution in [1.82, 2.24) is 0 Å². The zero-order chi connectivity index (χ0) is 14.1. The smallest absolute Gasteiger partial charge is 0.340 e. The number of carbonyl (C=O) groups is 2. The number of aliphatic hydroxyl groups is 1. The van der Waals surface area contributed by atoms with Crippen LogP contribution in [-0.2, 0) is 19.1 Å². The number of cyclic esters (lactones) is 1. The molecule has 102 valence electrons. The molecule has 0 aromatic rings. The first kappa shape index (κ1) is 15.2.